The van der Waals surface area contributed by atoms with Crippen LogP contribution in [0.25, 0.3) is 5.69 Å². The molecule has 45 heavy (non-hydrogen) atoms. The lowest BCUT2D eigenvalue weighted by Crippen LogP contribution is -2.39. The van der Waals surface area contributed by atoms with Crippen LogP contribution in [0, 0.1) is 0 Å². The number of aliphatic carboxylic acids is 1. The van der Waals surface area contributed by atoms with Crippen LogP contribution in [0.5, 0.6) is 0 Å². The number of amides is 2. The van der Waals surface area contributed by atoms with Gasteiger partial charge in [0, 0.05) is 29.7 Å². The molecular formula is C28H27F4N9O4. The number of carboxylic acid groups (broad SMARTS) is 1. The molecule has 13 nitrogen and oxygen atoms in total. The number of benzene rings is 1. The Morgan fingerprint density at radius 2 is 2.04 bits per heavy atom. The molecule has 1 aromatic carbocycles. The van der Waals surface area contributed by atoms with Crippen molar-refractivity contribution in [1.29, 1.82) is 0 Å². The molecule has 17 heteroatoms. The normalized spacial score (nSPS) is 20.9. The molecule has 1 aliphatic carbocycles. The van der Waals surface area contributed by atoms with E-state index >= 15 is 0 Å². The lowest BCUT2D eigenvalue weighted by molar-refractivity contribution is -0.138. The average Bonchev–Trinajstić information content (AvgIpc) is 3.67. The van der Waals surface area contributed by atoms with Gasteiger partial charge in [-0.15, -0.1) is 0 Å². The highest BCUT2D eigenvalue weighted by molar-refractivity contribution is 6.18. The van der Waals surface area contributed by atoms with E-state index in [1.807, 2.05) is 0 Å². The number of halogens is 4. The number of carbonyl (C=O) groups is 3. The van der Waals surface area contributed by atoms with Gasteiger partial charge in [0.25, 0.3) is 5.91 Å². The number of allylic oxidation sites excluding steroid dienone is 1. The monoisotopic (exact) mass is 629 g/mol. The van der Waals surface area contributed by atoms with Crippen LogP contribution < -0.4 is 26.8 Å². The molecular weight excluding hydrogens is 602 g/mol. The predicted molar refractivity (Wildman–Crippen MR) is 153 cm³/mol. The van der Waals surface area contributed by atoms with Gasteiger partial charge in [0.1, 0.15) is 6.17 Å². The number of hydrogen-bond donors (Lipinski definition) is 6. The molecule has 0 saturated heterocycles. The zero-order valence-electron chi connectivity index (χ0n) is 23.3. The fourth-order valence-electron chi connectivity index (χ4n) is 4.66. The molecule has 0 saturated carbocycles. The van der Waals surface area contributed by atoms with E-state index in [2.05, 4.69) is 41.9 Å². The van der Waals surface area contributed by atoms with E-state index in [0.29, 0.717) is 11.3 Å². The van der Waals surface area contributed by atoms with Gasteiger partial charge < -0.3 is 26.5 Å². The minimum Gasteiger partial charge on any atom is -0.481 e. The molecule has 3 heterocycles. The van der Waals surface area contributed by atoms with Gasteiger partial charge in [0.2, 0.25) is 11.9 Å². The van der Waals surface area contributed by atoms with Crippen molar-refractivity contribution in [1.82, 2.24) is 36.6 Å². The van der Waals surface area contributed by atoms with Crippen molar-refractivity contribution in [3.8, 4) is 5.69 Å². The summed E-state index contributed by atoms with van der Waals surface area (Å²) in [6.45, 7) is -0.640. The van der Waals surface area contributed by atoms with Crippen LogP contribution in [0.4, 0.5) is 17.6 Å². The van der Waals surface area contributed by atoms with Crippen molar-refractivity contribution >= 4 is 29.5 Å². The van der Waals surface area contributed by atoms with Gasteiger partial charge in [0.05, 0.1) is 55.1 Å². The molecule has 2 aliphatic heterocycles. The van der Waals surface area contributed by atoms with Gasteiger partial charge in [-0.05, 0) is 35.9 Å². The van der Waals surface area contributed by atoms with Crippen LogP contribution in [0.1, 0.15) is 23.6 Å². The Balaban J connectivity index is 1.32. The first-order valence-corrected chi connectivity index (χ1v) is 13.6. The largest absolute Gasteiger partial charge is 0.481 e. The highest BCUT2D eigenvalue weighted by Crippen LogP contribution is 2.33. The summed E-state index contributed by atoms with van der Waals surface area (Å²) in [7, 11) is 0. The summed E-state index contributed by atoms with van der Waals surface area (Å²) in [6.07, 6.45) is 2.45. The van der Waals surface area contributed by atoms with Crippen molar-refractivity contribution in [3.63, 3.8) is 0 Å². The quantitative estimate of drug-likeness (QED) is 0.237. The molecule has 5 rings (SSSR count). The van der Waals surface area contributed by atoms with Gasteiger partial charge >= 0.3 is 12.1 Å². The molecule has 1 aromatic heterocycles. The summed E-state index contributed by atoms with van der Waals surface area (Å²) in [5.41, 5.74) is 5.80. The summed E-state index contributed by atoms with van der Waals surface area (Å²) >= 11 is 0. The molecule has 236 valence electrons. The lowest BCUT2D eigenvalue weighted by atomic mass is 9.99. The van der Waals surface area contributed by atoms with Gasteiger partial charge in [-0.3, -0.25) is 14.4 Å². The molecule has 2 amide bonds. The SMILES string of the molecule is O=C(O)CC(NC(=O)CNC(=O)C1=CC(=NC2=NCC(F)CN2)C2=CNNC2C=C1)c1cc(-n2cccn2)cc(C(F)(F)F)c1. The molecule has 0 spiro atoms. The number of alkyl halides is 4. The Hall–Kier alpha value is -5.32. The number of aliphatic imine (C=N–C) groups is 2. The maximum atomic E-state index is 13.7. The fraction of sp³-hybridized carbons (Fsp3) is 0.286. The first-order chi connectivity index (χ1) is 21.5. The Bertz CT molecular complexity index is 1630. The third-order valence-corrected chi connectivity index (χ3v) is 6.83. The van der Waals surface area contributed by atoms with Crippen LogP contribution in [-0.2, 0) is 20.6 Å². The van der Waals surface area contributed by atoms with Crippen molar-refractivity contribution in [2.75, 3.05) is 19.6 Å². The molecule has 3 unspecified atom stereocenters. The van der Waals surface area contributed by atoms with Crippen LogP contribution in [-0.4, -0.2) is 76.2 Å². The molecule has 2 aromatic rings. The summed E-state index contributed by atoms with van der Waals surface area (Å²) in [5.74, 6) is -2.70. The van der Waals surface area contributed by atoms with Gasteiger partial charge in [-0.25, -0.2) is 24.5 Å². The summed E-state index contributed by atoms with van der Waals surface area (Å²) < 4.78 is 55.8. The second-order valence-electron chi connectivity index (χ2n) is 10.1. The third kappa shape index (κ3) is 7.80. The minimum atomic E-state index is -4.76. The Labute approximate surface area is 252 Å². The maximum Gasteiger partial charge on any atom is 0.416 e. The molecule has 6 N–H and O–H groups in total. The molecule has 0 fully saturated rings. The van der Waals surface area contributed by atoms with E-state index in [0.717, 1.165) is 12.1 Å². The van der Waals surface area contributed by atoms with Crippen LogP contribution in [0.15, 0.2) is 82.2 Å². The molecule has 3 aliphatic rings. The predicted octanol–water partition coefficient (Wildman–Crippen LogP) is 1.23. The Morgan fingerprint density at radius 3 is 2.73 bits per heavy atom. The number of rotatable bonds is 8. The van der Waals surface area contributed by atoms with Crippen molar-refractivity contribution < 1.29 is 37.1 Å². The number of carbonyl (C=O) groups excluding carboxylic acids is 2. The summed E-state index contributed by atoms with van der Waals surface area (Å²) in [4.78, 5) is 46.0. The smallest absolute Gasteiger partial charge is 0.416 e. The van der Waals surface area contributed by atoms with Gasteiger partial charge in [-0.1, -0.05) is 12.2 Å². The van der Waals surface area contributed by atoms with E-state index in [1.165, 1.54) is 41.4 Å². The number of fused-ring (bicyclic) bond motifs is 1. The molecule has 0 bridgehead atoms. The lowest BCUT2D eigenvalue weighted by Gasteiger charge is -2.20. The first-order valence-electron chi connectivity index (χ1n) is 13.6. The second-order valence-corrected chi connectivity index (χ2v) is 10.1. The Kier molecular flexibility index (Phi) is 9.08. The minimum absolute atomic E-state index is 0.01000. The number of hydrazine groups is 1. The number of nitrogens with zero attached hydrogens (tertiary/aromatic N) is 4. The number of carboxylic acids is 1. The highest BCUT2D eigenvalue weighted by atomic mass is 19.4. The zero-order chi connectivity index (χ0) is 32.1. The summed E-state index contributed by atoms with van der Waals surface area (Å²) in [6, 6.07) is 2.69. The molecule has 0 radical (unpaired) electrons. The van der Waals surface area contributed by atoms with Crippen molar-refractivity contribution in [2.24, 2.45) is 9.98 Å². The summed E-state index contributed by atoms with van der Waals surface area (Å²) in [5, 5.41) is 21.0. The number of nitrogens with one attached hydrogen (secondary N) is 5. The number of aromatic nitrogens is 2. The highest BCUT2D eigenvalue weighted by Gasteiger charge is 2.33. The second kappa shape index (κ2) is 13.1. The van der Waals surface area contributed by atoms with E-state index in [1.54, 1.807) is 12.3 Å². The number of guanidine groups is 1. The van der Waals surface area contributed by atoms with Crippen molar-refractivity contribution in [3.05, 3.63) is 83.4 Å². The van der Waals surface area contributed by atoms with E-state index in [-0.39, 0.29) is 41.9 Å². The fourth-order valence-corrected chi connectivity index (χ4v) is 4.66. The number of hydrogen-bond acceptors (Lipinski definition) is 9. The van der Waals surface area contributed by atoms with Crippen molar-refractivity contribution in [2.45, 2.75) is 30.9 Å². The first kappa shape index (κ1) is 31.1. The van der Waals surface area contributed by atoms with Crippen LogP contribution in [0.3, 0.4) is 0 Å². The average molecular weight is 630 g/mol. The maximum absolute atomic E-state index is 13.7. The molecule has 3 atom stereocenters. The van der Waals surface area contributed by atoms with Gasteiger partial charge in [0.15, 0.2) is 0 Å². The Morgan fingerprint density at radius 1 is 1.22 bits per heavy atom. The van der Waals surface area contributed by atoms with Crippen LogP contribution >= 0.6 is 0 Å². The standard InChI is InChI=1S/C28H27F4N9O4/c29-18-11-34-27(35-12-18)39-23-8-15(2-3-21-20(23)13-36-40-21)26(45)33-14-24(42)38-22(10-25(43)44)16-6-17(28(30,31)32)9-19(7-16)41-5-1-4-37-41/h1-9,13,18,21-22,36,40H,10-12,14H2,(H,33,45)(H,34,35)(H,38,42)(H,43,44). The van der Waals surface area contributed by atoms with Gasteiger partial charge in [-0.2, -0.15) is 18.3 Å². The topological polar surface area (TPSA) is 174 Å². The third-order valence-electron chi connectivity index (χ3n) is 6.83. The van der Waals surface area contributed by atoms with Crippen LogP contribution in [0.2, 0.25) is 0 Å². The van der Waals surface area contributed by atoms with E-state index in [4.69, 9.17) is 0 Å². The zero-order valence-corrected chi connectivity index (χ0v) is 23.3. The van der Waals surface area contributed by atoms with E-state index in [9.17, 15) is 37.1 Å². The van der Waals surface area contributed by atoms with E-state index < -0.39 is 54.7 Å².